The molecule has 11 aromatic rings. The topological polar surface area (TPSA) is 28.7 Å². The summed E-state index contributed by atoms with van der Waals surface area (Å²) >= 11 is 0. The summed E-state index contributed by atoms with van der Waals surface area (Å²) in [6, 6.07) is 64.2. The molecule has 0 bridgehead atoms. The molecule has 2 aliphatic heterocycles. The van der Waals surface area contributed by atoms with Gasteiger partial charge in [0.05, 0.1) is 27.8 Å². The van der Waals surface area contributed by atoms with Gasteiger partial charge in [0, 0.05) is 55.7 Å². The molecule has 0 radical (unpaired) electrons. The van der Waals surface area contributed by atoms with Crippen molar-refractivity contribution in [2.75, 3.05) is 9.80 Å². The molecule has 13 rings (SSSR count). The fraction of sp³-hybridized carbons (Fsp3) is 0. The van der Waals surface area contributed by atoms with Crippen LogP contribution in [0.4, 0.5) is 34.1 Å². The van der Waals surface area contributed by atoms with Gasteiger partial charge in [0.25, 0.3) is 6.71 Å². The molecule has 0 saturated heterocycles. The first kappa shape index (κ1) is 29.2. The standard InChI is InChI=1S/C49H30BN5/c1-4-15-31(16-5-1)52-30-51-47-42(52)28-27-37-49(47)54(33-19-8-3-9-20-33)41-26-14-25-40-45(41)50(37)46-43(53(40)32-17-6-2-7-18-32)29-36-34-21-10-12-23-38(34)55-39-24-13-11-22-35(39)44(46)48(36)55/h1-30H. The number of imidazole rings is 1. The van der Waals surface area contributed by atoms with Gasteiger partial charge in [-0.2, -0.15) is 0 Å². The molecule has 0 N–H and O–H groups in total. The maximum atomic E-state index is 5.26. The molecule has 0 spiro atoms. The number of nitrogens with zero attached hydrogens (tertiary/aromatic N) is 5. The van der Waals surface area contributed by atoms with E-state index in [1.807, 2.05) is 6.33 Å². The van der Waals surface area contributed by atoms with Gasteiger partial charge in [0.1, 0.15) is 11.8 Å². The second-order valence-electron chi connectivity index (χ2n) is 14.8. The van der Waals surface area contributed by atoms with E-state index in [1.54, 1.807) is 0 Å². The maximum Gasteiger partial charge on any atom is 0.253 e. The van der Waals surface area contributed by atoms with Gasteiger partial charge in [-0.25, -0.2) is 4.98 Å². The molecule has 0 fully saturated rings. The minimum atomic E-state index is -0.0561. The van der Waals surface area contributed by atoms with Crippen molar-refractivity contribution in [3.8, 4) is 5.69 Å². The van der Waals surface area contributed by atoms with Crippen LogP contribution in [0.3, 0.4) is 0 Å². The second-order valence-corrected chi connectivity index (χ2v) is 14.8. The van der Waals surface area contributed by atoms with Crippen molar-refractivity contribution in [3.05, 3.63) is 182 Å². The zero-order valence-electron chi connectivity index (χ0n) is 29.6. The van der Waals surface area contributed by atoms with Crippen molar-refractivity contribution >= 4 is 106 Å². The average Bonchev–Trinajstić information content (AvgIpc) is 3.94. The zero-order chi connectivity index (χ0) is 35.8. The molecule has 5 heterocycles. The number of hydrogen-bond acceptors (Lipinski definition) is 3. The van der Waals surface area contributed by atoms with Crippen LogP contribution in [0.1, 0.15) is 0 Å². The third kappa shape index (κ3) is 3.70. The van der Waals surface area contributed by atoms with Gasteiger partial charge >= 0.3 is 0 Å². The van der Waals surface area contributed by atoms with Gasteiger partial charge in [-0.15, -0.1) is 0 Å². The Hall–Kier alpha value is -7.31. The highest BCUT2D eigenvalue weighted by atomic mass is 15.2. The first-order valence-electron chi connectivity index (χ1n) is 18.9. The number of para-hydroxylation sites is 5. The normalized spacial score (nSPS) is 13.3. The highest BCUT2D eigenvalue weighted by Crippen LogP contribution is 2.49. The van der Waals surface area contributed by atoms with E-state index in [1.165, 1.54) is 71.5 Å². The van der Waals surface area contributed by atoms with E-state index in [0.717, 1.165) is 33.8 Å². The lowest BCUT2D eigenvalue weighted by molar-refractivity contribution is 1.09. The van der Waals surface area contributed by atoms with Crippen LogP contribution in [0.25, 0.3) is 54.8 Å². The van der Waals surface area contributed by atoms with Crippen molar-refractivity contribution < 1.29 is 0 Å². The van der Waals surface area contributed by atoms with Gasteiger partial charge in [0.2, 0.25) is 0 Å². The molecule has 5 nitrogen and oxygen atoms in total. The molecule has 0 aliphatic carbocycles. The van der Waals surface area contributed by atoms with Crippen molar-refractivity contribution in [1.82, 2.24) is 14.0 Å². The number of fused-ring (bicyclic) bond motifs is 13. The summed E-state index contributed by atoms with van der Waals surface area (Å²) < 4.78 is 4.73. The van der Waals surface area contributed by atoms with Crippen LogP contribution in [0.2, 0.25) is 0 Å². The Balaban J connectivity index is 1.23. The molecule has 254 valence electrons. The van der Waals surface area contributed by atoms with Crippen molar-refractivity contribution in [2.45, 2.75) is 0 Å². The number of hydrogen-bond donors (Lipinski definition) is 0. The van der Waals surface area contributed by atoms with E-state index < -0.39 is 0 Å². The molecule has 2 aliphatic rings. The monoisotopic (exact) mass is 699 g/mol. The smallest absolute Gasteiger partial charge is 0.253 e. The Bertz CT molecular complexity index is 3330. The van der Waals surface area contributed by atoms with Crippen molar-refractivity contribution in [1.29, 1.82) is 0 Å². The first-order valence-corrected chi connectivity index (χ1v) is 18.9. The van der Waals surface area contributed by atoms with Crippen LogP contribution in [-0.4, -0.2) is 20.7 Å². The molecule has 0 saturated carbocycles. The predicted octanol–water partition coefficient (Wildman–Crippen LogP) is 10.3. The van der Waals surface area contributed by atoms with E-state index in [2.05, 4.69) is 195 Å². The SMILES string of the molecule is c1ccc(N2c3cccc4c3B(c3ccc5c(ncn5-c5ccccc5)c3N4c3ccccc3)c3c2cc2c4ccccc4n4c5ccccc5c3c24)cc1. The molecule has 0 amide bonds. The Morgan fingerprint density at radius 2 is 1.04 bits per heavy atom. The van der Waals surface area contributed by atoms with E-state index in [4.69, 9.17) is 4.98 Å². The maximum absolute atomic E-state index is 5.26. The summed E-state index contributed by atoms with van der Waals surface area (Å²) in [5.74, 6) is 0. The predicted molar refractivity (Wildman–Crippen MR) is 230 cm³/mol. The fourth-order valence-electron chi connectivity index (χ4n) is 9.99. The summed E-state index contributed by atoms with van der Waals surface area (Å²) in [4.78, 5) is 10.2. The van der Waals surface area contributed by atoms with E-state index in [9.17, 15) is 0 Å². The van der Waals surface area contributed by atoms with Gasteiger partial charge in [-0.3, -0.25) is 4.57 Å². The summed E-state index contributed by atoms with van der Waals surface area (Å²) in [6.07, 6.45) is 1.99. The van der Waals surface area contributed by atoms with E-state index in [0.29, 0.717) is 0 Å². The quantitative estimate of drug-likeness (QED) is 0.172. The van der Waals surface area contributed by atoms with Crippen LogP contribution >= 0.6 is 0 Å². The molecule has 6 heteroatoms. The number of benzene rings is 8. The van der Waals surface area contributed by atoms with Crippen LogP contribution < -0.4 is 26.2 Å². The van der Waals surface area contributed by atoms with E-state index >= 15 is 0 Å². The minimum absolute atomic E-state index is 0.0561. The Morgan fingerprint density at radius 3 is 1.76 bits per heavy atom. The molecule has 55 heavy (non-hydrogen) atoms. The van der Waals surface area contributed by atoms with Crippen molar-refractivity contribution in [2.24, 2.45) is 0 Å². The Kier molecular flexibility index (Phi) is 5.65. The summed E-state index contributed by atoms with van der Waals surface area (Å²) in [5, 5.41) is 5.15. The van der Waals surface area contributed by atoms with Crippen molar-refractivity contribution in [3.63, 3.8) is 0 Å². The number of anilines is 6. The number of rotatable bonds is 3. The first-order chi connectivity index (χ1) is 27.3. The lowest BCUT2D eigenvalue weighted by Gasteiger charge is -2.44. The zero-order valence-corrected chi connectivity index (χ0v) is 29.6. The summed E-state index contributed by atoms with van der Waals surface area (Å²) in [7, 11) is 0. The van der Waals surface area contributed by atoms with Gasteiger partial charge in [-0.05, 0) is 89.2 Å². The lowest BCUT2D eigenvalue weighted by atomic mass is 9.33. The highest BCUT2D eigenvalue weighted by Gasteiger charge is 2.46. The van der Waals surface area contributed by atoms with Crippen LogP contribution in [0.5, 0.6) is 0 Å². The Labute approximate surface area is 317 Å². The van der Waals surface area contributed by atoms with E-state index in [-0.39, 0.29) is 6.71 Å². The second kappa shape index (κ2) is 10.6. The summed E-state index contributed by atoms with van der Waals surface area (Å²) in [5.41, 5.74) is 17.8. The van der Waals surface area contributed by atoms with Gasteiger partial charge in [-0.1, -0.05) is 103 Å². The highest BCUT2D eigenvalue weighted by molar-refractivity contribution is 7.02. The third-order valence-corrected chi connectivity index (χ3v) is 12.1. The lowest BCUT2D eigenvalue weighted by Crippen LogP contribution is -2.61. The minimum Gasteiger partial charge on any atom is -0.311 e. The van der Waals surface area contributed by atoms with Gasteiger partial charge in [0.15, 0.2) is 0 Å². The van der Waals surface area contributed by atoms with Crippen LogP contribution in [0, 0.1) is 0 Å². The molecular formula is C49H30BN5. The Morgan fingerprint density at radius 1 is 0.436 bits per heavy atom. The van der Waals surface area contributed by atoms with Gasteiger partial charge < -0.3 is 14.2 Å². The molecule has 0 atom stereocenters. The fourth-order valence-corrected chi connectivity index (χ4v) is 9.99. The molecule has 8 aromatic carbocycles. The summed E-state index contributed by atoms with van der Waals surface area (Å²) in [6.45, 7) is -0.0561. The van der Waals surface area contributed by atoms with Crippen LogP contribution in [0.15, 0.2) is 182 Å². The number of aromatic nitrogens is 3. The third-order valence-electron chi connectivity index (χ3n) is 12.1. The molecule has 0 unspecified atom stereocenters. The molecule has 3 aromatic heterocycles. The largest absolute Gasteiger partial charge is 0.311 e. The van der Waals surface area contributed by atoms with Crippen LogP contribution in [-0.2, 0) is 0 Å². The average molecular weight is 700 g/mol. The molecular weight excluding hydrogens is 669 g/mol.